The molecule has 3 aliphatic rings. The van der Waals surface area contributed by atoms with Crippen molar-refractivity contribution in [3.8, 4) is 0 Å². The number of nitrogens with one attached hydrogen (secondary N) is 1. The molecule has 5 rings (SSSR count). The van der Waals surface area contributed by atoms with Crippen molar-refractivity contribution in [2.45, 2.75) is 51.0 Å². The predicted molar refractivity (Wildman–Crippen MR) is 105 cm³/mol. The quantitative estimate of drug-likeness (QED) is 0.855. The molecule has 2 aromatic rings. The molecular formula is C21H26N6O2. The highest BCUT2D eigenvalue weighted by Gasteiger charge is 2.51. The summed E-state index contributed by atoms with van der Waals surface area (Å²) < 4.78 is 0. The minimum atomic E-state index is -0.396. The van der Waals surface area contributed by atoms with E-state index in [9.17, 15) is 9.59 Å². The maximum Gasteiger partial charge on any atom is 0.256 e. The summed E-state index contributed by atoms with van der Waals surface area (Å²) in [6, 6.07) is 0. The van der Waals surface area contributed by atoms with Gasteiger partial charge in [-0.15, -0.1) is 0 Å². The van der Waals surface area contributed by atoms with Crippen molar-refractivity contribution in [2.24, 2.45) is 5.92 Å². The van der Waals surface area contributed by atoms with Gasteiger partial charge in [0, 0.05) is 56.5 Å². The molecule has 0 radical (unpaired) electrons. The number of carbonyl (C=O) groups excluding carboxylic acids is 2. The van der Waals surface area contributed by atoms with Gasteiger partial charge in [-0.1, -0.05) is 6.92 Å². The largest absolute Gasteiger partial charge is 0.348 e. The van der Waals surface area contributed by atoms with E-state index < -0.39 is 5.54 Å². The van der Waals surface area contributed by atoms with E-state index in [2.05, 4.69) is 24.8 Å². The Morgan fingerprint density at radius 1 is 1.14 bits per heavy atom. The Labute approximate surface area is 169 Å². The number of nitrogens with zero attached hydrogens (tertiary/aromatic N) is 5. The highest BCUT2D eigenvalue weighted by atomic mass is 16.2. The lowest BCUT2D eigenvalue weighted by Crippen LogP contribution is -2.59. The second kappa shape index (κ2) is 6.93. The van der Waals surface area contributed by atoms with Crippen molar-refractivity contribution in [1.29, 1.82) is 0 Å². The Kier molecular flexibility index (Phi) is 4.37. The van der Waals surface area contributed by atoms with Gasteiger partial charge in [-0.2, -0.15) is 0 Å². The third kappa shape index (κ3) is 3.01. The highest BCUT2D eigenvalue weighted by molar-refractivity contribution is 5.93. The normalized spacial score (nSPS) is 20.6. The predicted octanol–water partition coefficient (Wildman–Crippen LogP) is 1.69. The van der Waals surface area contributed by atoms with E-state index >= 15 is 0 Å². The van der Waals surface area contributed by atoms with E-state index in [0.717, 1.165) is 49.4 Å². The molecule has 1 N–H and O–H groups in total. The zero-order chi connectivity index (χ0) is 20.0. The summed E-state index contributed by atoms with van der Waals surface area (Å²) in [5.41, 5.74) is 2.26. The van der Waals surface area contributed by atoms with Gasteiger partial charge in [0.2, 0.25) is 5.91 Å². The van der Waals surface area contributed by atoms with Crippen molar-refractivity contribution in [3.05, 3.63) is 41.5 Å². The Morgan fingerprint density at radius 2 is 1.86 bits per heavy atom. The van der Waals surface area contributed by atoms with Crippen LogP contribution in [-0.2, 0) is 23.2 Å². The Hall–Kier alpha value is -2.77. The minimum Gasteiger partial charge on any atom is -0.348 e. The molecule has 0 aromatic carbocycles. The monoisotopic (exact) mass is 394 g/mol. The second-order valence-electron chi connectivity index (χ2n) is 8.31. The van der Waals surface area contributed by atoms with E-state index in [1.165, 1.54) is 0 Å². The van der Waals surface area contributed by atoms with Crippen molar-refractivity contribution in [1.82, 2.24) is 29.7 Å². The van der Waals surface area contributed by atoms with Crippen molar-refractivity contribution in [3.63, 3.8) is 0 Å². The molecule has 2 amide bonds. The van der Waals surface area contributed by atoms with E-state index in [-0.39, 0.29) is 17.7 Å². The van der Waals surface area contributed by atoms with Gasteiger partial charge >= 0.3 is 0 Å². The van der Waals surface area contributed by atoms with Crippen LogP contribution in [0, 0.1) is 5.92 Å². The van der Waals surface area contributed by atoms with E-state index in [1.807, 2.05) is 11.8 Å². The first-order valence-corrected chi connectivity index (χ1v) is 10.6. The topological polar surface area (TPSA) is 95.1 Å². The molecule has 1 aliphatic carbocycles. The molecule has 2 fully saturated rings. The van der Waals surface area contributed by atoms with Crippen LogP contribution >= 0.6 is 0 Å². The maximum atomic E-state index is 13.1. The average molecular weight is 394 g/mol. The third-order valence-corrected chi connectivity index (χ3v) is 6.60. The number of aromatic nitrogens is 4. The first kappa shape index (κ1) is 18.3. The lowest BCUT2D eigenvalue weighted by Gasteiger charge is -2.50. The first-order valence-electron chi connectivity index (χ1n) is 10.6. The average Bonchev–Trinajstić information content (AvgIpc) is 3.50. The minimum absolute atomic E-state index is 0.0411. The first-order chi connectivity index (χ1) is 14.1. The fraction of sp³-hybridized carbons (Fsp3) is 0.571. The van der Waals surface area contributed by atoms with Crippen molar-refractivity contribution < 1.29 is 9.59 Å². The van der Waals surface area contributed by atoms with E-state index in [1.54, 1.807) is 18.7 Å². The molecule has 0 unspecified atom stereocenters. The number of rotatable bonds is 3. The van der Waals surface area contributed by atoms with Gasteiger partial charge < -0.3 is 14.8 Å². The van der Waals surface area contributed by atoms with Gasteiger partial charge in [0.25, 0.3) is 5.91 Å². The fourth-order valence-corrected chi connectivity index (χ4v) is 4.77. The third-order valence-electron chi connectivity index (χ3n) is 6.60. The molecular weight excluding hydrogens is 368 g/mol. The van der Waals surface area contributed by atoms with Crippen LogP contribution in [0.3, 0.4) is 0 Å². The molecule has 4 heterocycles. The SMILES string of the molecule is CCc1ncc(C(=O)N2CCC3(CC2)c2nc[nH]c2CCN3C(=O)C2CC2)cn1. The molecule has 0 atom stereocenters. The van der Waals surface area contributed by atoms with Gasteiger partial charge in [0.1, 0.15) is 5.82 Å². The van der Waals surface area contributed by atoms with Crippen LogP contribution in [0.2, 0.25) is 0 Å². The van der Waals surface area contributed by atoms with Crippen LogP contribution < -0.4 is 0 Å². The molecule has 1 saturated carbocycles. The highest BCUT2D eigenvalue weighted by Crippen LogP contribution is 2.45. The van der Waals surface area contributed by atoms with Crippen molar-refractivity contribution in [2.75, 3.05) is 19.6 Å². The van der Waals surface area contributed by atoms with Gasteiger partial charge in [-0.3, -0.25) is 9.59 Å². The van der Waals surface area contributed by atoms with Crippen LogP contribution in [-0.4, -0.2) is 61.2 Å². The smallest absolute Gasteiger partial charge is 0.256 e. The number of piperidine rings is 1. The number of imidazole rings is 1. The number of aryl methyl sites for hydroxylation is 1. The molecule has 1 spiro atoms. The zero-order valence-corrected chi connectivity index (χ0v) is 16.7. The summed E-state index contributed by atoms with van der Waals surface area (Å²) in [6.45, 7) is 3.90. The summed E-state index contributed by atoms with van der Waals surface area (Å²) in [5, 5.41) is 0. The Bertz CT molecular complexity index is 925. The molecule has 0 bridgehead atoms. The number of likely N-dealkylation sites (tertiary alicyclic amines) is 1. The molecule has 2 aromatic heterocycles. The molecule has 1 saturated heterocycles. The zero-order valence-electron chi connectivity index (χ0n) is 16.7. The van der Waals surface area contributed by atoms with Gasteiger partial charge in [0.15, 0.2) is 0 Å². The standard InChI is InChI=1S/C21H26N6O2/c1-2-17-22-11-15(12-23-17)19(28)26-9-6-21(7-10-26)18-16(24-13-25-18)5-8-27(21)20(29)14-3-4-14/h11-14H,2-10H2,1H3,(H,24,25). The summed E-state index contributed by atoms with van der Waals surface area (Å²) >= 11 is 0. The Balaban J connectivity index is 1.38. The molecule has 8 nitrogen and oxygen atoms in total. The number of amides is 2. The lowest BCUT2D eigenvalue weighted by atomic mass is 9.78. The van der Waals surface area contributed by atoms with Crippen molar-refractivity contribution >= 4 is 11.8 Å². The molecule has 2 aliphatic heterocycles. The van der Waals surface area contributed by atoms with Crippen LogP contribution in [0.5, 0.6) is 0 Å². The number of aromatic amines is 1. The molecule has 29 heavy (non-hydrogen) atoms. The van der Waals surface area contributed by atoms with Crippen LogP contribution in [0.15, 0.2) is 18.7 Å². The Morgan fingerprint density at radius 3 is 2.52 bits per heavy atom. The number of hydrogen-bond donors (Lipinski definition) is 1. The fourth-order valence-electron chi connectivity index (χ4n) is 4.77. The summed E-state index contributed by atoms with van der Waals surface area (Å²) in [7, 11) is 0. The van der Waals surface area contributed by atoms with Crippen LogP contribution in [0.4, 0.5) is 0 Å². The van der Waals surface area contributed by atoms with Gasteiger partial charge in [0.05, 0.1) is 23.1 Å². The molecule has 8 heteroatoms. The summed E-state index contributed by atoms with van der Waals surface area (Å²) in [6.07, 6.45) is 9.96. The maximum absolute atomic E-state index is 13.1. The second-order valence-corrected chi connectivity index (χ2v) is 8.31. The van der Waals surface area contributed by atoms with Gasteiger partial charge in [-0.05, 0) is 25.7 Å². The van der Waals surface area contributed by atoms with Crippen LogP contribution in [0.1, 0.15) is 60.2 Å². The van der Waals surface area contributed by atoms with E-state index in [4.69, 9.17) is 0 Å². The van der Waals surface area contributed by atoms with Crippen LogP contribution in [0.25, 0.3) is 0 Å². The summed E-state index contributed by atoms with van der Waals surface area (Å²) in [4.78, 5) is 46.3. The number of fused-ring (bicyclic) bond motifs is 2. The number of hydrogen-bond acceptors (Lipinski definition) is 5. The lowest BCUT2D eigenvalue weighted by molar-refractivity contribution is -0.143. The number of carbonyl (C=O) groups is 2. The molecule has 152 valence electrons. The van der Waals surface area contributed by atoms with Gasteiger partial charge in [-0.25, -0.2) is 15.0 Å². The summed E-state index contributed by atoms with van der Waals surface area (Å²) in [5.74, 6) is 1.14. The number of H-pyrrole nitrogens is 1. The van der Waals surface area contributed by atoms with E-state index in [0.29, 0.717) is 31.5 Å².